The van der Waals surface area contributed by atoms with Crippen molar-refractivity contribution in [2.45, 2.75) is 19.3 Å². The van der Waals surface area contributed by atoms with Crippen molar-refractivity contribution in [1.82, 2.24) is 4.90 Å². The van der Waals surface area contributed by atoms with Crippen LogP contribution in [0.25, 0.3) is 0 Å². The highest BCUT2D eigenvalue weighted by molar-refractivity contribution is 6.30. The highest BCUT2D eigenvalue weighted by Crippen LogP contribution is 2.40. The Bertz CT molecular complexity index is 738. The van der Waals surface area contributed by atoms with Gasteiger partial charge in [-0.1, -0.05) is 29.8 Å². The maximum atomic E-state index is 10.3. The molecule has 2 rings (SSSR count). The number of aliphatic hydroxyl groups is 1. The summed E-state index contributed by atoms with van der Waals surface area (Å²) in [6, 6.07) is 11.2. The van der Waals surface area contributed by atoms with Crippen molar-refractivity contribution >= 4 is 11.6 Å². The van der Waals surface area contributed by atoms with Gasteiger partial charge in [0, 0.05) is 23.7 Å². The van der Waals surface area contributed by atoms with Crippen LogP contribution in [0.2, 0.25) is 5.02 Å². The van der Waals surface area contributed by atoms with Gasteiger partial charge in [-0.3, -0.25) is 4.90 Å². The highest BCUT2D eigenvalue weighted by Gasteiger charge is 2.18. The molecule has 1 atom stereocenters. The summed E-state index contributed by atoms with van der Waals surface area (Å²) in [6.45, 7) is 1.72. The van der Waals surface area contributed by atoms with E-state index in [9.17, 15) is 5.11 Å². The molecule has 0 bridgehead atoms. The number of nitrogens with zero attached hydrogens (tertiary/aromatic N) is 1. The summed E-state index contributed by atoms with van der Waals surface area (Å²) in [5.41, 5.74) is 1.96. The zero-order chi connectivity index (χ0) is 20.5. The normalized spacial score (nSPS) is 12.1. The van der Waals surface area contributed by atoms with Crippen LogP contribution in [0.3, 0.4) is 0 Å². The Balaban J connectivity index is 1.87. The van der Waals surface area contributed by atoms with Gasteiger partial charge in [-0.25, -0.2) is 0 Å². The lowest BCUT2D eigenvalue weighted by Crippen LogP contribution is -2.32. The monoisotopic (exact) mass is 409 g/mol. The van der Waals surface area contributed by atoms with Crippen molar-refractivity contribution in [3.05, 3.63) is 52.5 Å². The van der Waals surface area contributed by atoms with Gasteiger partial charge < -0.3 is 24.1 Å². The van der Waals surface area contributed by atoms with E-state index in [1.807, 2.05) is 48.3 Å². The van der Waals surface area contributed by atoms with E-state index >= 15 is 0 Å². The topological polar surface area (TPSA) is 60.4 Å². The molecule has 2 aromatic carbocycles. The molecule has 0 radical (unpaired) electrons. The Labute approximate surface area is 171 Å². The summed E-state index contributed by atoms with van der Waals surface area (Å²) in [4.78, 5) is 2.00. The van der Waals surface area contributed by atoms with E-state index in [2.05, 4.69) is 0 Å². The maximum absolute atomic E-state index is 10.3. The molecule has 1 unspecified atom stereocenters. The lowest BCUT2D eigenvalue weighted by atomic mass is 10.1. The molecule has 0 saturated carbocycles. The van der Waals surface area contributed by atoms with Crippen LogP contribution < -0.4 is 14.2 Å². The molecule has 7 heteroatoms. The first-order chi connectivity index (χ1) is 13.5. The van der Waals surface area contributed by atoms with Gasteiger partial charge in [0.05, 0.1) is 40.6 Å². The van der Waals surface area contributed by atoms with Gasteiger partial charge in [-0.2, -0.15) is 0 Å². The summed E-state index contributed by atoms with van der Waals surface area (Å²) < 4.78 is 21.8. The van der Waals surface area contributed by atoms with Crippen LogP contribution >= 0.6 is 11.6 Å². The number of benzene rings is 2. The zero-order valence-electron chi connectivity index (χ0n) is 16.8. The van der Waals surface area contributed by atoms with Gasteiger partial charge in [0.2, 0.25) is 5.75 Å². The minimum absolute atomic E-state index is 0.246. The molecule has 2 aromatic rings. The summed E-state index contributed by atoms with van der Waals surface area (Å²) in [5, 5.41) is 11.0. The predicted molar refractivity (Wildman–Crippen MR) is 110 cm³/mol. The molecule has 0 amide bonds. The minimum atomic E-state index is -0.608. The molecule has 0 saturated heterocycles. The summed E-state index contributed by atoms with van der Waals surface area (Å²) in [7, 11) is 6.69. The third kappa shape index (κ3) is 6.27. The quantitative estimate of drug-likeness (QED) is 0.614. The second-order valence-electron chi connectivity index (χ2n) is 6.49. The number of likely N-dealkylation sites (N-methyl/N-ethyl adjacent to an activating group) is 1. The molecule has 0 spiro atoms. The molecule has 0 aliphatic rings. The second kappa shape index (κ2) is 11.1. The Morgan fingerprint density at radius 2 is 1.64 bits per heavy atom. The smallest absolute Gasteiger partial charge is 0.203 e. The first-order valence-corrected chi connectivity index (χ1v) is 9.32. The maximum Gasteiger partial charge on any atom is 0.203 e. The Kier molecular flexibility index (Phi) is 8.86. The number of halogens is 1. The molecule has 0 heterocycles. The molecular weight excluding hydrogens is 382 g/mol. The van der Waals surface area contributed by atoms with E-state index in [0.29, 0.717) is 42.0 Å². The van der Waals surface area contributed by atoms with Gasteiger partial charge in [0.15, 0.2) is 11.5 Å². The van der Waals surface area contributed by atoms with Crippen LogP contribution in [-0.2, 0) is 17.9 Å². The van der Waals surface area contributed by atoms with Crippen molar-refractivity contribution in [2.24, 2.45) is 0 Å². The van der Waals surface area contributed by atoms with E-state index in [0.717, 1.165) is 11.1 Å². The van der Waals surface area contributed by atoms with Crippen molar-refractivity contribution < 1.29 is 24.1 Å². The molecule has 154 valence electrons. The zero-order valence-corrected chi connectivity index (χ0v) is 17.5. The minimum Gasteiger partial charge on any atom is -0.493 e. The van der Waals surface area contributed by atoms with Crippen molar-refractivity contribution in [3.8, 4) is 17.2 Å². The molecule has 0 aliphatic heterocycles. The van der Waals surface area contributed by atoms with Gasteiger partial charge in [0.25, 0.3) is 0 Å². The van der Waals surface area contributed by atoms with E-state index < -0.39 is 6.10 Å². The first-order valence-electron chi connectivity index (χ1n) is 8.95. The molecule has 28 heavy (non-hydrogen) atoms. The fourth-order valence-corrected chi connectivity index (χ4v) is 3.07. The van der Waals surface area contributed by atoms with Gasteiger partial charge in [0.1, 0.15) is 0 Å². The third-order valence-corrected chi connectivity index (χ3v) is 4.49. The van der Waals surface area contributed by atoms with E-state index in [4.69, 9.17) is 30.5 Å². The van der Waals surface area contributed by atoms with Crippen molar-refractivity contribution in [2.75, 3.05) is 41.5 Å². The SMILES string of the molecule is COc1ccc(CN(C)CC(O)COCc2ccc(Cl)cc2)c(OC)c1OC. The lowest BCUT2D eigenvalue weighted by molar-refractivity contribution is 0.0126. The number of rotatable bonds is 11. The molecule has 1 N–H and O–H groups in total. The second-order valence-corrected chi connectivity index (χ2v) is 6.92. The number of hydrogen-bond acceptors (Lipinski definition) is 6. The van der Waals surface area contributed by atoms with E-state index in [1.165, 1.54) is 0 Å². The number of aliphatic hydroxyl groups excluding tert-OH is 1. The largest absolute Gasteiger partial charge is 0.493 e. The van der Waals surface area contributed by atoms with E-state index in [-0.39, 0.29) is 6.61 Å². The first kappa shape index (κ1) is 22.3. The van der Waals surface area contributed by atoms with Gasteiger partial charge in [-0.15, -0.1) is 0 Å². The Morgan fingerprint density at radius 1 is 0.964 bits per heavy atom. The molecule has 6 nitrogen and oxygen atoms in total. The van der Waals surface area contributed by atoms with Crippen LogP contribution in [0.15, 0.2) is 36.4 Å². The summed E-state index contributed by atoms with van der Waals surface area (Å²) >= 11 is 5.87. The third-order valence-electron chi connectivity index (χ3n) is 4.24. The number of ether oxygens (including phenoxy) is 4. The molecule has 0 fully saturated rings. The van der Waals surface area contributed by atoms with Gasteiger partial charge in [-0.05, 0) is 30.8 Å². The summed E-state index contributed by atoms with van der Waals surface area (Å²) in [5.74, 6) is 1.80. The fourth-order valence-electron chi connectivity index (χ4n) is 2.95. The highest BCUT2D eigenvalue weighted by atomic mass is 35.5. The van der Waals surface area contributed by atoms with Crippen LogP contribution in [-0.4, -0.2) is 57.6 Å². The average Bonchev–Trinajstić information content (AvgIpc) is 2.68. The van der Waals surface area contributed by atoms with Crippen molar-refractivity contribution in [1.29, 1.82) is 0 Å². The van der Waals surface area contributed by atoms with Crippen LogP contribution in [0.5, 0.6) is 17.2 Å². The predicted octanol–water partition coefficient (Wildman–Crippen LogP) is 3.38. The van der Waals surface area contributed by atoms with E-state index in [1.54, 1.807) is 21.3 Å². The van der Waals surface area contributed by atoms with Crippen LogP contribution in [0, 0.1) is 0 Å². The average molecular weight is 410 g/mol. The van der Waals surface area contributed by atoms with Crippen molar-refractivity contribution in [3.63, 3.8) is 0 Å². The lowest BCUT2D eigenvalue weighted by Gasteiger charge is -2.23. The number of hydrogen-bond donors (Lipinski definition) is 1. The standard InChI is InChI=1S/C21H28ClNO5/c1-23(11-16-7-10-19(25-2)21(27-4)20(16)26-3)12-18(24)14-28-13-15-5-8-17(22)9-6-15/h5-10,18,24H,11-14H2,1-4H3. The Morgan fingerprint density at radius 3 is 2.25 bits per heavy atom. The van der Waals surface area contributed by atoms with Gasteiger partial charge >= 0.3 is 0 Å². The van der Waals surface area contributed by atoms with Crippen LogP contribution in [0.1, 0.15) is 11.1 Å². The molecule has 0 aliphatic carbocycles. The Hall–Kier alpha value is -1.99. The molecule has 0 aromatic heterocycles. The summed E-state index contributed by atoms with van der Waals surface area (Å²) in [6.07, 6.45) is -0.608. The van der Waals surface area contributed by atoms with Crippen LogP contribution in [0.4, 0.5) is 0 Å². The fraction of sp³-hybridized carbons (Fsp3) is 0.429. The molecular formula is C21H28ClNO5. The number of methoxy groups -OCH3 is 3.